The van der Waals surface area contributed by atoms with E-state index in [0.717, 1.165) is 0 Å². The monoisotopic (exact) mass is 419 g/mol. The molecule has 1 unspecified atom stereocenters. The number of alkyl halides is 9. The van der Waals surface area contributed by atoms with Gasteiger partial charge in [0.15, 0.2) is 0 Å². The molecule has 0 amide bonds. The van der Waals surface area contributed by atoms with E-state index in [1.165, 1.54) is 6.92 Å². The summed E-state index contributed by atoms with van der Waals surface area (Å²) in [6.45, 7) is 2.64. The van der Waals surface area contributed by atoms with Crippen LogP contribution in [0, 0.1) is 0 Å². The van der Waals surface area contributed by atoms with Gasteiger partial charge in [-0.2, -0.15) is 39.5 Å². The molecule has 0 aliphatic carbocycles. The third kappa shape index (κ3) is 7.35. The van der Waals surface area contributed by atoms with Gasteiger partial charge in [-0.1, -0.05) is 0 Å². The smallest absolute Gasteiger partial charge is 0.395 e. The maximum absolute atomic E-state index is 13.6. The van der Waals surface area contributed by atoms with Crippen LogP contribution in [0.25, 0.3) is 0 Å². The molecule has 1 rings (SSSR count). The van der Waals surface area contributed by atoms with Gasteiger partial charge in [-0.3, -0.25) is 4.90 Å². The number of hydrogen-bond acceptors (Lipinski definition) is 4. The maximum atomic E-state index is 13.6. The largest absolute Gasteiger partial charge is 0.457 e. The summed E-state index contributed by atoms with van der Waals surface area (Å²) in [5, 5.41) is 0. The number of ether oxygens (including phenoxy) is 2. The van der Waals surface area contributed by atoms with Crippen LogP contribution in [0.1, 0.15) is 19.8 Å². The first-order chi connectivity index (χ1) is 12.1. The molecule has 1 aliphatic heterocycles. The van der Waals surface area contributed by atoms with Crippen molar-refractivity contribution in [3.63, 3.8) is 0 Å². The maximum Gasteiger partial charge on any atom is 0.395 e. The molecule has 1 fully saturated rings. The number of morpholine rings is 1. The van der Waals surface area contributed by atoms with Crippen molar-refractivity contribution in [2.75, 3.05) is 32.8 Å². The quantitative estimate of drug-likeness (QED) is 0.446. The summed E-state index contributed by atoms with van der Waals surface area (Å²) in [7, 11) is 0. The molecule has 1 saturated heterocycles. The number of nitrogens with zero attached hydrogens (tertiary/aromatic N) is 1. The van der Waals surface area contributed by atoms with Crippen LogP contribution >= 0.6 is 0 Å². The van der Waals surface area contributed by atoms with Crippen LogP contribution in [-0.2, 0) is 14.3 Å². The fourth-order valence-corrected chi connectivity index (χ4v) is 2.31. The van der Waals surface area contributed by atoms with E-state index in [1.54, 1.807) is 4.90 Å². The second kappa shape index (κ2) is 8.41. The average Bonchev–Trinajstić information content (AvgIpc) is 2.44. The molecular formula is C14H18F9NO3. The Kier molecular flexibility index (Phi) is 7.42. The SMILES string of the molecule is CC(CN1CCOCC1)OC(=O)C(F)(F)CC(F)(F)C(F)(F)CC(F)(F)F. The van der Waals surface area contributed by atoms with Crippen molar-refractivity contribution in [1.82, 2.24) is 4.90 Å². The minimum Gasteiger partial charge on any atom is -0.457 e. The summed E-state index contributed by atoms with van der Waals surface area (Å²) in [6.07, 6.45) is -13.3. The lowest BCUT2D eigenvalue weighted by molar-refractivity contribution is -0.280. The van der Waals surface area contributed by atoms with Crippen molar-refractivity contribution in [2.24, 2.45) is 0 Å². The molecular weight excluding hydrogens is 401 g/mol. The van der Waals surface area contributed by atoms with E-state index in [9.17, 15) is 44.3 Å². The van der Waals surface area contributed by atoms with Crippen molar-refractivity contribution in [3.8, 4) is 0 Å². The topological polar surface area (TPSA) is 38.8 Å². The Bertz CT molecular complexity index is 505. The molecule has 0 aromatic heterocycles. The lowest BCUT2D eigenvalue weighted by Crippen LogP contribution is -2.50. The Hall–Kier alpha value is -1.24. The molecule has 0 saturated carbocycles. The molecule has 160 valence electrons. The van der Waals surface area contributed by atoms with E-state index in [4.69, 9.17) is 4.74 Å². The summed E-state index contributed by atoms with van der Waals surface area (Å²) >= 11 is 0. The third-order valence-corrected chi connectivity index (χ3v) is 3.63. The summed E-state index contributed by atoms with van der Waals surface area (Å²) in [5.41, 5.74) is 0. The van der Waals surface area contributed by atoms with Gasteiger partial charge in [0.05, 0.1) is 19.6 Å². The van der Waals surface area contributed by atoms with Crippen LogP contribution in [0.4, 0.5) is 39.5 Å². The molecule has 1 aliphatic rings. The number of hydrogen-bond donors (Lipinski definition) is 0. The average molecular weight is 419 g/mol. The van der Waals surface area contributed by atoms with Gasteiger partial charge in [-0.15, -0.1) is 0 Å². The molecule has 27 heavy (non-hydrogen) atoms. The zero-order valence-electron chi connectivity index (χ0n) is 14.1. The van der Waals surface area contributed by atoms with E-state index in [-0.39, 0.29) is 6.54 Å². The Morgan fingerprint density at radius 3 is 1.93 bits per heavy atom. The lowest BCUT2D eigenvalue weighted by atomic mass is 10.0. The van der Waals surface area contributed by atoms with Gasteiger partial charge in [0, 0.05) is 19.6 Å². The minimum absolute atomic E-state index is 0.0359. The highest BCUT2D eigenvalue weighted by atomic mass is 19.4. The Labute approximate surface area is 148 Å². The fourth-order valence-electron chi connectivity index (χ4n) is 2.31. The predicted octanol–water partition coefficient (Wildman–Crippen LogP) is 3.50. The number of carbonyl (C=O) groups is 1. The van der Waals surface area contributed by atoms with Crippen LogP contribution < -0.4 is 0 Å². The highest BCUT2D eigenvalue weighted by Crippen LogP contribution is 2.47. The fraction of sp³-hybridized carbons (Fsp3) is 0.929. The second-order valence-electron chi connectivity index (χ2n) is 6.21. The standard InChI is InChI=1S/C14H18F9NO3/c1-9(6-24-2-4-26-5-3-24)27-10(25)11(15,16)7-12(17,18)13(19,20)8-14(21,22)23/h9H,2-8H2,1H3. The Morgan fingerprint density at radius 1 is 0.963 bits per heavy atom. The number of halogens is 9. The number of carbonyl (C=O) groups excluding carboxylic acids is 1. The second-order valence-corrected chi connectivity index (χ2v) is 6.21. The molecule has 0 spiro atoms. The third-order valence-electron chi connectivity index (χ3n) is 3.63. The van der Waals surface area contributed by atoms with Gasteiger partial charge >= 0.3 is 29.9 Å². The van der Waals surface area contributed by atoms with E-state index < -0.39 is 48.9 Å². The number of esters is 1. The van der Waals surface area contributed by atoms with Crippen molar-refractivity contribution in [1.29, 1.82) is 0 Å². The summed E-state index contributed by atoms with van der Waals surface area (Å²) in [6, 6.07) is 0. The van der Waals surface area contributed by atoms with E-state index in [0.29, 0.717) is 26.3 Å². The van der Waals surface area contributed by atoms with Crippen LogP contribution in [0.15, 0.2) is 0 Å². The summed E-state index contributed by atoms with van der Waals surface area (Å²) in [5.74, 6) is -19.2. The Balaban J connectivity index is 2.69. The first kappa shape index (κ1) is 23.8. The van der Waals surface area contributed by atoms with Gasteiger partial charge in [0.2, 0.25) is 0 Å². The van der Waals surface area contributed by atoms with Gasteiger partial charge in [-0.25, -0.2) is 4.79 Å². The highest BCUT2D eigenvalue weighted by Gasteiger charge is 2.65. The summed E-state index contributed by atoms with van der Waals surface area (Å²) in [4.78, 5) is 13.1. The molecule has 1 heterocycles. The molecule has 1 atom stereocenters. The molecule has 0 aromatic rings. The highest BCUT2D eigenvalue weighted by molar-refractivity contribution is 5.77. The normalized spacial score (nSPS) is 19.0. The van der Waals surface area contributed by atoms with Gasteiger partial charge in [0.25, 0.3) is 0 Å². The molecule has 0 bridgehead atoms. The molecule has 4 nitrogen and oxygen atoms in total. The van der Waals surface area contributed by atoms with Crippen molar-refractivity contribution in [3.05, 3.63) is 0 Å². The van der Waals surface area contributed by atoms with Crippen molar-refractivity contribution < 1.29 is 53.8 Å². The first-order valence-electron chi connectivity index (χ1n) is 7.77. The first-order valence-corrected chi connectivity index (χ1v) is 7.77. The molecule has 0 N–H and O–H groups in total. The number of rotatable bonds is 8. The Morgan fingerprint density at radius 2 is 1.44 bits per heavy atom. The zero-order valence-corrected chi connectivity index (χ0v) is 14.1. The van der Waals surface area contributed by atoms with Gasteiger partial charge in [0.1, 0.15) is 12.5 Å². The molecule has 0 aromatic carbocycles. The molecule has 13 heteroatoms. The van der Waals surface area contributed by atoms with Crippen LogP contribution in [-0.4, -0.2) is 73.8 Å². The van der Waals surface area contributed by atoms with Crippen LogP contribution in [0.3, 0.4) is 0 Å². The van der Waals surface area contributed by atoms with E-state index in [1.807, 2.05) is 0 Å². The van der Waals surface area contributed by atoms with Crippen molar-refractivity contribution >= 4 is 5.97 Å². The van der Waals surface area contributed by atoms with E-state index in [2.05, 4.69) is 4.74 Å². The van der Waals surface area contributed by atoms with Gasteiger partial charge < -0.3 is 9.47 Å². The molecule has 0 radical (unpaired) electrons. The lowest BCUT2D eigenvalue weighted by Gasteiger charge is -2.31. The van der Waals surface area contributed by atoms with Crippen molar-refractivity contribution in [2.45, 2.75) is 49.8 Å². The minimum atomic E-state index is -5.81. The van der Waals surface area contributed by atoms with Crippen LogP contribution in [0.5, 0.6) is 0 Å². The van der Waals surface area contributed by atoms with Gasteiger partial charge in [-0.05, 0) is 6.92 Å². The summed E-state index contributed by atoms with van der Waals surface area (Å²) < 4.78 is 125. The predicted molar refractivity (Wildman–Crippen MR) is 72.9 cm³/mol. The zero-order chi connectivity index (χ0) is 21.1. The van der Waals surface area contributed by atoms with Crippen LogP contribution in [0.2, 0.25) is 0 Å². The van der Waals surface area contributed by atoms with E-state index >= 15 is 0 Å².